The first-order valence-electron chi connectivity index (χ1n) is 9.35. The summed E-state index contributed by atoms with van der Waals surface area (Å²) in [5, 5.41) is 2.33. The van der Waals surface area contributed by atoms with Crippen LogP contribution in [-0.2, 0) is 13.1 Å². The van der Waals surface area contributed by atoms with E-state index in [-0.39, 0.29) is 23.4 Å². The Morgan fingerprint density at radius 3 is 2.58 bits per heavy atom. The van der Waals surface area contributed by atoms with E-state index in [1.165, 1.54) is 42.1 Å². The molecule has 31 heavy (non-hydrogen) atoms. The van der Waals surface area contributed by atoms with E-state index >= 15 is 0 Å². The normalized spacial score (nSPS) is 12.1. The summed E-state index contributed by atoms with van der Waals surface area (Å²) in [5.74, 6) is -0.437. The van der Waals surface area contributed by atoms with Gasteiger partial charge in [-0.15, -0.1) is 22.7 Å². The first kappa shape index (κ1) is 21.5. The van der Waals surface area contributed by atoms with Gasteiger partial charge in [-0.05, 0) is 39.0 Å². The van der Waals surface area contributed by atoms with Gasteiger partial charge in [0.25, 0.3) is 5.56 Å². The van der Waals surface area contributed by atoms with Crippen LogP contribution in [0.5, 0.6) is 0 Å². The van der Waals surface area contributed by atoms with E-state index < -0.39 is 18.5 Å². The highest BCUT2D eigenvalue weighted by Crippen LogP contribution is 2.35. The standard InChI is InChI=1S/C21H18F3N3O2S2/c1-11-6-14(13(3)27(11)9-21(22,23)24)16(28)7-26-10-25-19-18(20(26)29)15(8-30-19)17-5-4-12(2)31-17/h4-6,8,10H,7,9H2,1-3H3. The maximum Gasteiger partial charge on any atom is 0.406 e. The Morgan fingerprint density at radius 2 is 1.94 bits per heavy atom. The van der Waals surface area contributed by atoms with Gasteiger partial charge < -0.3 is 4.57 Å². The van der Waals surface area contributed by atoms with Gasteiger partial charge in [-0.25, -0.2) is 4.98 Å². The maximum atomic E-state index is 13.1. The lowest BCUT2D eigenvalue weighted by Gasteiger charge is -2.12. The van der Waals surface area contributed by atoms with Crippen LogP contribution >= 0.6 is 22.7 Å². The van der Waals surface area contributed by atoms with Gasteiger partial charge in [0.05, 0.1) is 18.3 Å². The Balaban J connectivity index is 1.70. The highest BCUT2D eigenvalue weighted by atomic mass is 32.1. The third kappa shape index (κ3) is 4.09. The average Bonchev–Trinajstić information content (AvgIpc) is 3.37. The van der Waals surface area contributed by atoms with Gasteiger partial charge >= 0.3 is 6.18 Å². The Labute approximate surface area is 183 Å². The maximum absolute atomic E-state index is 13.1. The number of thiophene rings is 2. The minimum atomic E-state index is -4.39. The number of carbonyl (C=O) groups excluding carboxylic acids is 1. The molecule has 162 valence electrons. The molecule has 0 unspecified atom stereocenters. The van der Waals surface area contributed by atoms with Crippen LogP contribution < -0.4 is 5.56 Å². The van der Waals surface area contributed by atoms with Crippen molar-refractivity contribution in [3.8, 4) is 10.4 Å². The van der Waals surface area contributed by atoms with Gasteiger partial charge in [0.2, 0.25) is 0 Å². The molecule has 0 aliphatic rings. The van der Waals surface area contributed by atoms with Gasteiger partial charge in [0.1, 0.15) is 11.4 Å². The number of carbonyl (C=O) groups is 1. The zero-order chi connectivity index (χ0) is 22.5. The van der Waals surface area contributed by atoms with Crippen molar-refractivity contribution in [2.45, 2.75) is 40.0 Å². The van der Waals surface area contributed by atoms with Crippen molar-refractivity contribution in [1.29, 1.82) is 0 Å². The van der Waals surface area contributed by atoms with Crippen molar-refractivity contribution >= 4 is 38.7 Å². The monoisotopic (exact) mass is 465 g/mol. The number of hydrogen-bond donors (Lipinski definition) is 0. The second-order valence-electron chi connectivity index (χ2n) is 7.33. The number of aromatic nitrogens is 3. The molecule has 0 fully saturated rings. The lowest BCUT2D eigenvalue weighted by molar-refractivity contribution is -0.141. The first-order chi connectivity index (χ1) is 14.5. The number of hydrogen-bond acceptors (Lipinski definition) is 5. The van der Waals surface area contributed by atoms with E-state index in [1.54, 1.807) is 11.3 Å². The molecular formula is C21H18F3N3O2S2. The molecule has 0 aliphatic heterocycles. The molecule has 4 aromatic rings. The summed E-state index contributed by atoms with van der Waals surface area (Å²) in [7, 11) is 0. The van der Waals surface area contributed by atoms with Gasteiger partial charge in [-0.3, -0.25) is 14.2 Å². The number of fused-ring (bicyclic) bond motifs is 1. The van der Waals surface area contributed by atoms with Crippen LogP contribution in [0.25, 0.3) is 20.7 Å². The quantitative estimate of drug-likeness (QED) is 0.373. The summed E-state index contributed by atoms with van der Waals surface area (Å²) >= 11 is 2.92. The zero-order valence-electron chi connectivity index (χ0n) is 16.9. The third-order valence-electron chi connectivity index (χ3n) is 5.09. The van der Waals surface area contributed by atoms with Gasteiger partial charge in [0.15, 0.2) is 5.78 Å². The molecule has 10 heteroatoms. The van der Waals surface area contributed by atoms with Crippen molar-refractivity contribution in [3.05, 3.63) is 62.1 Å². The molecule has 0 aliphatic carbocycles. The fourth-order valence-electron chi connectivity index (χ4n) is 3.59. The largest absolute Gasteiger partial charge is 0.406 e. The number of rotatable bonds is 5. The van der Waals surface area contributed by atoms with Crippen molar-refractivity contribution in [2.75, 3.05) is 0 Å². The second kappa shape index (κ2) is 7.76. The molecule has 5 nitrogen and oxygen atoms in total. The van der Waals surface area contributed by atoms with Crippen LogP contribution in [-0.4, -0.2) is 26.1 Å². The number of Topliss-reactive ketones (excluding diaryl/α,β-unsaturated/α-hetero) is 1. The minimum Gasteiger partial charge on any atom is -0.339 e. The van der Waals surface area contributed by atoms with Gasteiger partial charge in [-0.2, -0.15) is 13.2 Å². The Morgan fingerprint density at radius 1 is 1.19 bits per heavy atom. The van der Waals surface area contributed by atoms with Crippen LogP contribution in [0.1, 0.15) is 26.6 Å². The van der Waals surface area contributed by atoms with E-state index in [2.05, 4.69) is 4.98 Å². The van der Waals surface area contributed by atoms with E-state index in [1.807, 2.05) is 24.4 Å². The summed E-state index contributed by atoms with van der Waals surface area (Å²) in [6, 6.07) is 5.35. The van der Waals surface area contributed by atoms with Crippen molar-refractivity contribution in [2.24, 2.45) is 0 Å². The Hall–Kier alpha value is -2.72. The molecule has 0 atom stereocenters. The molecule has 0 saturated heterocycles. The number of alkyl halides is 3. The SMILES string of the molecule is Cc1ccc(-c2csc3ncn(CC(=O)c4cc(C)n(CC(F)(F)F)c4C)c(=O)c23)s1. The smallest absolute Gasteiger partial charge is 0.339 e. The van der Waals surface area contributed by atoms with Gasteiger partial charge in [-0.1, -0.05) is 0 Å². The summed E-state index contributed by atoms with van der Waals surface area (Å²) < 4.78 is 40.8. The van der Waals surface area contributed by atoms with Gasteiger partial charge in [0, 0.05) is 37.6 Å². The van der Waals surface area contributed by atoms with Crippen LogP contribution in [0.2, 0.25) is 0 Å². The minimum absolute atomic E-state index is 0.174. The molecule has 0 saturated carbocycles. The molecular weight excluding hydrogens is 447 g/mol. The average molecular weight is 466 g/mol. The molecule has 0 aromatic carbocycles. The summed E-state index contributed by atoms with van der Waals surface area (Å²) in [4.78, 5) is 33.0. The van der Waals surface area contributed by atoms with Crippen molar-refractivity contribution < 1.29 is 18.0 Å². The lowest BCUT2D eigenvalue weighted by atomic mass is 10.1. The molecule has 0 spiro atoms. The molecule has 0 N–H and O–H groups in total. The van der Waals surface area contributed by atoms with Crippen LogP contribution in [0, 0.1) is 20.8 Å². The third-order valence-corrected chi connectivity index (χ3v) is 7.01. The Bertz CT molecular complexity index is 1360. The first-order valence-corrected chi connectivity index (χ1v) is 11.0. The highest BCUT2D eigenvalue weighted by molar-refractivity contribution is 7.19. The number of halogens is 3. The fourth-order valence-corrected chi connectivity index (χ4v) is 5.45. The Kier molecular flexibility index (Phi) is 5.38. The van der Waals surface area contributed by atoms with Crippen LogP contribution in [0.4, 0.5) is 13.2 Å². The van der Waals surface area contributed by atoms with E-state index in [4.69, 9.17) is 0 Å². The summed E-state index contributed by atoms with van der Waals surface area (Å²) in [6.45, 7) is 3.52. The second-order valence-corrected chi connectivity index (χ2v) is 9.47. The number of nitrogens with zero attached hydrogens (tertiary/aromatic N) is 3. The molecule has 0 radical (unpaired) electrons. The predicted octanol–water partition coefficient (Wildman–Crippen LogP) is 5.36. The van der Waals surface area contributed by atoms with E-state index in [9.17, 15) is 22.8 Å². The van der Waals surface area contributed by atoms with Crippen molar-refractivity contribution in [3.63, 3.8) is 0 Å². The fraction of sp³-hybridized carbons (Fsp3) is 0.286. The molecule has 4 aromatic heterocycles. The summed E-state index contributed by atoms with van der Waals surface area (Å²) in [6.07, 6.45) is -3.08. The van der Waals surface area contributed by atoms with Crippen LogP contribution in [0.3, 0.4) is 0 Å². The highest BCUT2D eigenvalue weighted by Gasteiger charge is 2.30. The summed E-state index contributed by atoms with van der Waals surface area (Å²) in [5.41, 5.74) is 1.18. The van der Waals surface area contributed by atoms with E-state index in [0.29, 0.717) is 15.9 Å². The number of ketones is 1. The molecule has 4 heterocycles. The number of aryl methyl sites for hydroxylation is 2. The molecule has 4 rings (SSSR count). The molecule has 0 bridgehead atoms. The lowest BCUT2D eigenvalue weighted by Crippen LogP contribution is -2.25. The predicted molar refractivity (Wildman–Crippen MR) is 116 cm³/mol. The zero-order valence-corrected chi connectivity index (χ0v) is 18.5. The van der Waals surface area contributed by atoms with E-state index in [0.717, 1.165) is 19.9 Å². The van der Waals surface area contributed by atoms with Crippen molar-refractivity contribution in [1.82, 2.24) is 14.1 Å². The van der Waals surface area contributed by atoms with Crippen LogP contribution in [0.15, 0.2) is 34.7 Å². The topological polar surface area (TPSA) is 56.9 Å². The molecule has 0 amide bonds.